The van der Waals surface area contributed by atoms with Crippen LogP contribution in [0.2, 0.25) is 0 Å². The highest BCUT2D eigenvalue weighted by molar-refractivity contribution is 8.13. The Morgan fingerprint density at radius 2 is 1.95 bits per heavy atom. The summed E-state index contributed by atoms with van der Waals surface area (Å²) < 4.78 is 12.9. The third-order valence-corrected chi connectivity index (χ3v) is 5.72. The van der Waals surface area contributed by atoms with E-state index in [1.54, 1.807) is 0 Å². The number of hydrogen-bond acceptors (Lipinski definition) is 3. The second kappa shape index (κ2) is 5.76. The number of benzene rings is 1. The van der Waals surface area contributed by atoms with E-state index in [1.165, 1.54) is 43.6 Å². The second-order valence-electron chi connectivity index (χ2n) is 6.03. The third kappa shape index (κ3) is 3.00. The molecule has 1 fully saturated rings. The molecule has 1 saturated carbocycles. The van der Waals surface area contributed by atoms with Crippen molar-refractivity contribution in [1.29, 1.82) is 0 Å². The summed E-state index contributed by atoms with van der Waals surface area (Å²) in [5.74, 6) is 1.00. The van der Waals surface area contributed by atoms with Crippen LogP contribution in [0, 0.1) is 11.2 Å². The fourth-order valence-electron chi connectivity index (χ4n) is 3.09. The molecule has 1 unspecified atom stereocenters. The largest absolute Gasteiger partial charge is 0.358 e. The average molecular weight is 292 g/mol. The first kappa shape index (κ1) is 13.9. The van der Waals surface area contributed by atoms with E-state index in [9.17, 15) is 4.39 Å². The van der Waals surface area contributed by atoms with Crippen molar-refractivity contribution in [1.82, 2.24) is 5.32 Å². The fraction of sp³-hybridized carbons (Fsp3) is 0.562. The molecule has 1 N–H and O–H groups in total. The van der Waals surface area contributed by atoms with Gasteiger partial charge < -0.3 is 5.32 Å². The maximum absolute atomic E-state index is 12.9. The van der Waals surface area contributed by atoms with Crippen molar-refractivity contribution < 1.29 is 4.39 Å². The smallest absolute Gasteiger partial charge is 0.157 e. The topological polar surface area (TPSA) is 24.4 Å². The Hall–Kier alpha value is -1.03. The lowest BCUT2D eigenvalue weighted by Crippen LogP contribution is -2.34. The van der Waals surface area contributed by atoms with E-state index in [-0.39, 0.29) is 11.9 Å². The molecule has 0 aromatic heterocycles. The number of amidine groups is 1. The van der Waals surface area contributed by atoms with Gasteiger partial charge in [-0.25, -0.2) is 4.39 Å². The Labute approximate surface area is 124 Å². The maximum atomic E-state index is 12.9. The molecular formula is C16H21FN2S. The standard InChI is InChI=1S/C16H21FN2S/c1-12(13-4-6-14(17)7-5-13)19-15-18-10-16(11-20-15)8-2-3-9-16/h4-7,12H,2-3,8-11H2,1H3,(H,18,19). The molecule has 1 aliphatic carbocycles. The Morgan fingerprint density at radius 1 is 1.25 bits per heavy atom. The summed E-state index contributed by atoms with van der Waals surface area (Å²) >= 11 is 1.85. The van der Waals surface area contributed by atoms with Gasteiger partial charge in [-0.1, -0.05) is 36.7 Å². The Morgan fingerprint density at radius 3 is 2.55 bits per heavy atom. The van der Waals surface area contributed by atoms with Crippen LogP contribution >= 0.6 is 11.8 Å². The minimum Gasteiger partial charge on any atom is -0.358 e. The summed E-state index contributed by atoms with van der Waals surface area (Å²) in [5.41, 5.74) is 1.57. The molecule has 1 spiro atoms. The quantitative estimate of drug-likeness (QED) is 0.886. The van der Waals surface area contributed by atoms with Crippen LogP contribution in [0.5, 0.6) is 0 Å². The highest BCUT2D eigenvalue weighted by Crippen LogP contribution is 2.43. The zero-order valence-electron chi connectivity index (χ0n) is 11.9. The summed E-state index contributed by atoms with van der Waals surface area (Å²) in [7, 11) is 0. The minimum atomic E-state index is -0.187. The summed E-state index contributed by atoms with van der Waals surface area (Å²) in [6, 6.07) is 6.85. The lowest BCUT2D eigenvalue weighted by Gasteiger charge is -2.32. The number of nitrogens with one attached hydrogen (secondary N) is 1. The SMILES string of the molecule is CC(NC1=NCC2(CCCC2)CS1)c1ccc(F)cc1. The van der Waals surface area contributed by atoms with Gasteiger partial charge in [-0.3, -0.25) is 4.99 Å². The van der Waals surface area contributed by atoms with Crippen LogP contribution in [-0.4, -0.2) is 17.5 Å². The van der Waals surface area contributed by atoms with Gasteiger partial charge in [0.15, 0.2) is 5.17 Å². The lowest BCUT2D eigenvalue weighted by atomic mass is 9.89. The van der Waals surface area contributed by atoms with Crippen LogP contribution in [-0.2, 0) is 0 Å². The monoisotopic (exact) mass is 292 g/mol. The molecule has 4 heteroatoms. The normalized spacial score (nSPS) is 22.6. The van der Waals surface area contributed by atoms with E-state index >= 15 is 0 Å². The molecule has 2 aliphatic rings. The first-order valence-electron chi connectivity index (χ1n) is 7.36. The van der Waals surface area contributed by atoms with Crippen LogP contribution in [0.1, 0.15) is 44.2 Å². The van der Waals surface area contributed by atoms with E-state index in [0.29, 0.717) is 5.41 Å². The van der Waals surface area contributed by atoms with E-state index in [1.807, 2.05) is 23.9 Å². The Kier molecular flexibility index (Phi) is 4.01. The van der Waals surface area contributed by atoms with Crippen LogP contribution in [0.3, 0.4) is 0 Å². The zero-order valence-corrected chi connectivity index (χ0v) is 12.7. The highest BCUT2D eigenvalue weighted by Gasteiger charge is 2.36. The van der Waals surface area contributed by atoms with Gasteiger partial charge in [0.25, 0.3) is 0 Å². The first-order valence-corrected chi connectivity index (χ1v) is 8.35. The van der Waals surface area contributed by atoms with Gasteiger partial charge in [-0.2, -0.15) is 0 Å². The van der Waals surface area contributed by atoms with Crippen molar-refractivity contribution in [3.8, 4) is 0 Å². The van der Waals surface area contributed by atoms with Crippen molar-refractivity contribution in [3.63, 3.8) is 0 Å². The van der Waals surface area contributed by atoms with E-state index in [0.717, 1.165) is 17.3 Å². The Bertz CT molecular complexity index is 492. The molecule has 1 aromatic carbocycles. The van der Waals surface area contributed by atoms with Gasteiger partial charge >= 0.3 is 0 Å². The van der Waals surface area contributed by atoms with Crippen molar-refractivity contribution in [3.05, 3.63) is 35.6 Å². The van der Waals surface area contributed by atoms with E-state index in [4.69, 9.17) is 4.99 Å². The predicted molar refractivity (Wildman–Crippen MR) is 83.6 cm³/mol. The number of nitrogens with zero attached hydrogens (tertiary/aromatic N) is 1. The van der Waals surface area contributed by atoms with Gasteiger partial charge in [0, 0.05) is 12.3 Å². The summed E-state index contributed by atoms with van der Waals surface area (Å²) in [6.45, 7) is 3.06. The van der Waals surface area contributed by atoms with Crippen molar-refractivity contribution in [2.75, 3.05) is 12.3 Å². The van der Waals surface area contributed by atoms with E-state index < -0.39 is 0 Å². The molecule has 0 amide bonds. The van der Waals surface area contributed by atoms with Crippen LogP contribution in [0.25, 0.3) is 0 Å². The molecule has 1 aliphatic heterocycles. The number of thioether (sulfide) groups is 1. The van der Waals surface area contributed by atoms with Gasteiger partial charge in [-0.15, -0.1) is 0 Å². The van der Waals surface area contributed by atoms with Crippen molar-refractivity contribution >= 4 is 16.9 Å². The third-order valence-electron chi connectivity index (χ3n) is 4.45. The summed E-state index contributed by atoms with van der Waals surface area (Å²) in [5, 5.41) is 4.49. The molecule has 1 aromatic rings. The van der Waals surface area contributed by atoms with E-state index in [2.05, 4.69) is 12.2 Å². The minimum absolute atomic E-state index is 0.166. The van der Waals surface area contributed by atoms with Crippen LogP contribution in [0.15, 0.2) is 29.3 Å². The van der Waals surface area contributed by atoms with Gasteiger partial charge in [-0.05, 0) is 42.9 Å². The van der Waals surface area contributed by atoms with Gasteiger partial charge in [0.05, 0.1) is 6.04 Å². The molecule has 0 bridgehead atoms. The zero-order chi connectivity index (χ0) is 14.0. The highest BCUT2D eigenvalue weighted by atomic mass is 32.2. The first-order chi connectivity index (χ1) is 9.67. The second-order valence-corrected chi connectivity index (χ2v) is 7.00. The molecule has 1 heterocycles. The summed E-state index contributed by atoms with van der Waals surface area (Å²) in [6.07, 6.45) is 5.41. The molecular weight excluding hydrogens is 271 g/mol. The fourth-order valence-corrected chi connectivity index (χ4v) is 4.33. The predicted octanol–water partition coefficient (Wildman–Crippen LogP) is 4.14. The maximum Gasteiger partial charge on any atom is 0.157 e. The van der Waals surface area contributed by atoms with Gasteiger partial charge in [0.1, 0.15) is 5.82 Å². The molecule has 1 atom stereocenters. The van der Waals surface area contributed by atoms with Crippen LogP contribution in [0.4, 0.5) is 4.39 Å². The number of rotatable bonds is 2. The molecule has 0 saturated heterocycles. The van der Waals surface area contributed by atoms with Crippen molar-refractivity contribution in [2.45, 2.75) is 38.6 Å². The molecule has 20 heavy (non-hydrogen) atoms. The molecule has 2 nitrogen and oxygen atoms in total. The molecule has 0 radical (unpaired) electrons. The molecule has 3 rings (SSSR count). The lowest BCUT2D eigenvalue weighted by molar-refractivity contribution is 0.358. The number of hydrogen-bond donors (Lipinski definition) is 1. The van der Waals surface area contributed by atoms with Crippen LogP contribution < -0.4 is 5.32 Å². The van der Waals surface area contributed by atoms with Gasteiger partial charge in [0.2, 0.25) is 0 Å². The summed E-state index contributed by atoms with van der Waals surface area (Å²) in [4.78, 5) is 4.74. The number of aliphatic imine (C=N–C) groups is 1. The van der Waals surface area contributed by atoms with Crippen molar-refractivity contribution in [2.24, 2.45) is 10.4 Å². The average Bonchev–Trinajstić information content (AvgIpc) is 2.91. The number of halogens is 1. The Balaban J connectivity index is 1.61. The molecule has 108 valence electrons.